The smallest absolute Gasteiger partial charge is 0.141 e. The van der Waals surface area contributed by atoms with Gasteiger partial charge in [-0.25, -0.2) is 9.37 Å². The molecule has 1 aliphatic heterocycles. The topological polar surface area (TPSA) is 28.2 Å². The van der Waals surface area contributed by atoms with E-state index in [0.717, 1.165) is 43.2 Å². The third-order valence-electron chi connectivity index (χ3n) is 4.21. The molecule has 1 N–H and O–H groups in total. The summed E-state index contributed by atoms with van der Waals surface area (Å²) in [6, 6.07) is 2.26. The highest BCUT2D eigenvalue weighted by Gasteiger charge is 2.26. The number of hydrogen-bond donors (Lipinski definition) is 1. The van der Waals surface area contributed by atoms with Gasteiger partial charge in [0.2, 0.25) is 0 Å². The molecular weight excluding hydrogens is 285 g/mol. The molecule has 0 aromatic carbocycles. The average Bonchev–Trinajstić information content (AvgIpc) is 3.25. The van der Waals surface area contributed by atoms with Gasteiger partial charge in [0.15, 0.2) is 0 Å². The number of thioether (sulfide) groups is 1. The lowest BCUT2D eigenvalue weighted by molar-refractivity contribution is 0.604. The van der Waals surface area contributed by atoms with E-state index in [1.807, 2.05) is 11.8 Å². The van der Waals surface area contributed by atoms with E-state index < -0.39 is 0 Å². The molecule has 0 atom stereocenters. The number of nitrogens with one attached hydrogen (secondary N) is 1. The molecule has 5 heteroatoms. The predicted octanol–water partition coefficient (Wildman–Crippen LogP) is 3.19. The van der Waals surface area contributed by atoms with Crippen LogP contribution in [0.1, 0.15) is 38.7 Å². The molecule has 3 rings (SSSR count). The van der Waals surface area contributed by atoms with Crippen LogP contribution in [0.15, 0.2) is 12.3 Å². The molecule has 21 heavy (non-hydrogen) atoms. The second kappa shape index (κ2) is 6.13. The summed E-state index contributed by atoms with van der Waals surface area (Å²) in [6.45, 7) is 7.31. The summed E-state index contributed by atoms with van der Waals surface area (Å²) in [4.78, 5) is 6.72. The van der Waals surface area contributed by atoms with Crippen molar-refractivity contribution in [2.75, 3.05) is 23.7 Å². The van der Waals surface area contributed by atoms with E-state index in [2.05, 4.69) is 29.0 Å². The first-order valence-electron chi connectivity index (χ1n) is 7.80. The van der Waals surface area contributed by atoms with Crippen molar-refractivity contribution < 1.29 is 4.39 Å². The second-order valence-corrected chi connectivity index (χ2v) is 8.44. The Balaban J connectivity index is 1.76. The molecule has 0 radical (unpaired) electrons. The fraction of sp³-hybridized carbons (Fsp3) is 0.688. The normalized spacial score (nSPS) is 22.1. The van der Waals surface area contributed by atoms with Gasteiger partial charge in [-0.05, 0) is 25.3 Å². The van der Waals surface area contributed by atoms with Gasteiger partial charge < -0.3 is 10.2 Å². The molecule has 0 bridgehead atoms. The Bertz CT molecular complexity index is 502. The quantitative estimate of drug-likeness (QED) is 0.924. The van der Waals surface area contributed by atoms with Gasteiger partial charge in [0, 0.05) is 41.7 Å². The first kappa shape index (κ1) is 15.1. The van der Waals surface area contributed by atoms with Crippen LogP contribution < -0.4 is 10.2 Å². The summed E-state index contributed by atoms with van der Waals surface area (Å²) in [5.41, 5.74) is 0.992. The van der Waals surface area contributed by atoms with Crippen LogP contribution in [0.3, 0.4) is 0 Å². The van der Waals surface area contributed by atoms with Crippen LogP contribution in [0.2, 0.25) is 0 Å². The fourth-order valence-corrected chi connectivity index (χ4v) is 3.76. The van der Waals surface area contributed by atoms with Crippen molar-refractivity contribution >= 4 is 17.6 Å². The summed E-state index contributed by atoms with van der Waals surface area (Å²) in [5, 5.41) is 3.47. The molecule has 116 valence electrons. The Morgan fingerprint density at radius 3 is 3.00 bits per heavy atom. The zero-order valence-corrected chi connectivity index (χ0v) is 13.7. The zero-order chi connectivity index (χ0) is 14.9. The van der Waals surface area contributed by atoms with Crippen LogP contribution in [-0.2, 0) is 6.54 Å². The molecule has 1 aromatic rings. The highest BCUT2D eigenvalue weighted by Crippen LogP contribution is 2.33. The van der Waals surface area contributed by atoms with Gasteiger partial charge in [-0.1, -0.05) is 13.8 Å². The highest BCUT2D eigenvalue weighted by molar-refractivity contribution is 8.00. The van der Waals surface area contributed by atoms with E-state index >= 15 is 0 Å². The van der Waals surface area contributed by atoms with Crippen molar-refractivity contribution in [2.24, 2.45) is 0 Å². The summed E-state index contributed by atoms with van der Waals surface area (Å²) in [7, 11) is 0. The van der Waals surface area contributed by atoms with E-state index in [-0.39, 0.29) is 5.82 Å². The number of hydrogen-bond acceptors (Lipinski definition) is 4. The van der Waals surface area contributed by atoms with E-state index in [9.17, 15) is 4.39 Å². The maximum absolute atomic E-state index is 13.5. The van der Waals surface area contributed by atoms with Gasteiger partial charge in [-0.15, -0.1) is 0 Å². The van der Waals surface area contributed by atoms with Crippen LogP contribution in [-0.4, -0.2) is 34.6 Å². The summed E-state index contributed by atoms with van der Waals surface area (Å²) in [6.07, 6.45) is 4.96. The van der Waals surface area contributed by atoms with Crippen LogP contribution in [0.5, 0.6) is 0 Å². The second-order valence-electron chi connectivity index (χ2n) is 6.64. The van der Waals surface area contributed by atoms with Crippen molar-refractivity contribution in [1.29, 1.82) is 0 Å². The number of anilines is 1. The zero-order valence-electron chi connectivity index (χ0n) is 12.9. The maximum atomic E-state index is 13.5. The van der Waals surface area contributed by atoms with E-state index in [1.54, 1.807) is 6.07 Å². The standard InChI is InChI=1S/C16H24FN3S/c1-16(2)5-6-20(7-8-21-16)15-12(9-13(17)11-19-15)10-18-14-3-4-14/h9,11,14,18H,3-8,10H2,1-2H3. The van der Waals surface area contributed by atoms with Crippen molar-refractivity contribution in [2.45, 2.75) is 50.4 Å². The summed E-state index contributed by atoms with van der Waals surface area (Å²) < 4.78 is 13.9. The number of halogens is 1. The first-order chi connectivity index (χ1) is 10.0. The van der Waals surface area contributed by atoms with Gasteiger partial charge in [0.05, 0.1) is 6.20 Å². The maximum Gasteiger partial charge on any atom is 0.141 e. The third-order valence-corrected chi connectivity index (χ3v) is 5.58. The number of rotatable bonds is 4. The molecule has 1 aromatic heterocycles. The van der Waals surface area contributed by atoms with E-state index in [0.29, 0.717) is 10.8 Å². The average molecular weight is 309 g/mol. The Morgan fingerprint density at radius 1 is 1.43 bits per heavy atom. The van der Waals surface area contributed by atoms with Gasteiger partial charge >= 0.3 is 0 Å². The molecule has 2 aliphatic rings. The minimum Gasteiger partial charge on any atom is -0.355 e. The SMILES string of the molecule is CC1(C)CCN(c2ncc(F)cc2CNC2CC2)CCS1. The van der Waals surface area contributed by atoms with Crippen molar-refractivity contribution in [1.82, 2.24) is 10.3 Å². The summed E-state index contributed by atoms with van der Waals surface area (Å²) in [5.74, 6) is 1.82. The third kappa shape index (κ3) is 4.10. The number of pyridine rings is 1. The van der Waals surface area contributed by atoms with Gasteiger partial charge in [-0.3, -0.25) is 0 Å². The number of aromatic nitrogens is 1. The Labute approximate surface area is 130 Å². The Hall–Kier alpha value is -0.810. The Kier molecular flexibility index (Phi) is 4.41. The van der Waals surface area contributed by atoms with Gasteiger partial charge in [-0.2, -0.15) is 11.8 Å². The number of nitrogens with zero attached hydrogens (tertiary/aromatic N) is 2. The molecule has 2 heterocycles. The highest BCUT2D eigenvalue weighted by atomic mass is 32.2. The molecule has 0 spiro atoms. The lowest BCUT2D eigenvalue weighted by Crippen LogP contribution is -2.30. The van der Waals surface area contributed by atoms with Crippen molar-refractivity contribution in [3.8, 4) is 0 Å². The Morgan fingerprint density at radius 2 is 2.24 bits per heavy atom. The molecule has 0 unspecified atom stereocenters. The minimum absolute atomic E-state index is 0.240. The van der Waals surface area contributed by atoms with Crippen LogP contribution in [0, 0.1) is 5.82 Å². The molecule has 1 aliphatic carbocycles. The largest absolute Gasteiger partial charge is 0.355 e. The lowest BCUT2D eigenvalue weighted by atomic mass is 10.1. The molecule has 2 fully saturated rings. The van der Waals surface area contributed by atoms with Crippen LogP contribution in [0.4, 0.5) is 10.2 Å². The summed E-state index contributed by atoms with van der Waals surface area (Å²) >= 11 is 2.02. The molecule has 3 nitrogen and oxygen atoms in total. The molecule has 0 amide bonds. The predicted molar refractivity (Wildman–Crippen MR) is 87.4 cm³/mol. The van der Waals surface area contributed by atoms with Crippen molar-refractivity contribution in [3.05, 3.63) is 23.6 Å². The van der Waals surface area contributed by atoms with Crippen LogP contribution in [0.25, 0.3) is 0 Å². The molecule has 1 saturated heterocycles. The molecule has 1 saturated carbocycles. The minimum atomic E-state index is -0.240. The van der Waals surface area contributed by atoms with Gasteiger partial charge in [0.1, 0.15) is 11.6 Å². The van der Waals surface area contributed by atoms with Crippen molar-refractivity contribution in [3.63, 3.8) is 0 Å². The van der Waals surface area contributed by atoms with E-state index in [1.165, 1.54) is 19.0 Å². The van der Waals surface area contributed by atoms with Crippen LogP contribution >= 0.6 is 11.8 Å². The fourth-order valence-electron chi connectivity index (χ4n) is 2.66. The monoisotopic (exact) mass is 309 g/mol. The van der Waals surface area contributed by atoms with Gasteiger partial charge in [0.25, 0.3) is 0 Å². The molecular formula is C16H24FN3S. The van der Waals surface area contributed by atoms with E-state index in [4.69, 9.17) is 0 Å². The first-order valence-corrected chi connectivity index (χ1v) is 8.79. The lowest BCUT2D eigenvalue weighted by Gasteiger charge is -2.25.